The van der Waals surface area contributed by atoms with Crippen LogP contribution in [0.4, 0.5) is 10.5 Å². The van der Waals surface area contributed by atoms with E-state index >= 15 is 0 Å². The Morgan fingerprint density at radius 3 is 2.69 bits per heavy atom. The third-order valence-electron chi connectivity index (χ3n) is 11.8. The quantitative estimate of drug-likeness (QED) is 0.368. The molecule has 3 heterocycles. The lowest BCUT2D eigenvalue weighted by atomic mass is 9.68. The van der Waals surface area contributed by atoms with Crippen molar-refractivity contribution in [3.8, 4) is 5.75 Å². The van der Waals surface area contributed by atoms with E-state index in [0.29, 0.717) is 49.3 Å². The fourth-order valence-electron chi connectivity index (χ4n) is 8.90. The first-order valence-corrected chi connectivity index (χ1v) is 20.4. The minimum atomic E-state index is -3.53. The monoisotopic (exact) mass is 754 g/mol. The highest BCUT2D eigenvalue weighted by Gasteiger charge is 2.47. The second-order valence-corrected chi connectivity index (χ2v) is 18.0. The van der Waals surface area contributed by atoms with Gasteiger partial charge in [-0.2, -0.15) is 0 Å². The zero-order valence-electron chi connectivity index (χ0n) is 30.6. The van der Waals surface area contributed by atoms with Crippen molar-refractivity contribution < 1.29 is 32.7 Å². The van der Waals surface area contributed by atoms with Gasteiger partial charge in [0.15, 0.2) is 0 Å². The van der Waals surface area contributed by atoms with Gasteiger partial charge in [0.1, 0.15) is 21.3 Å². The van der Waals surface area contributed by atoms with E-state index in [4.69, 9.17) is 30.5 Å². The number of carbonyl (C=O) groups is 2. The number of rotatable bonds is 5. The van der Waals surface area contributed by atoms with Gasteiger partial charge in [0.2, 0.25) is 0 Å². The molecule has 1 saturated heterocycles. The van der Waals surface area contributed by atoms with Crippen molar-refractivity contribution in [1.82, 2.24) is 9.62 Å². The fourth-order valence-corrected chi connectivity index (χ4v) is 11.0. The lowest BCUT2D eigenvalue weighted by Crippen LogP contribution is -2.68. The Hall–Kier alpha value is -3.16. The number of nitrogens with zero attached hydrogens (tertiary/aromatic N) is 3. The SMILES string of the molecule is COCC1(OC)CN(C(=O)NS2(=O)=NC(=O)c3ccc4c(c3)N(C[C@@H]3CC[C@H]3[C@@H](OC)/C=C\C[C@H](C)C2)C[C@@]2(CCCc3cc(Cl)ccc32)CO4)C1. The number of benzene rings is 2. The standard InChI is InChI=1S/C39H51ClN4O7S/c1-26-7-5-9-34(49-3)31-13-10-29(31)19-43-21-38(16-6-8-27-17-30(40)12-14-32(27)38)24-51-35-15-11-28(18-33(35)43)36(45)41-52(47,20-26)42-37(46)44-22-39(23-44,50-4)25-48-2/h5,9,11-12,14-15,17-18,26,29,31,34H,6-8,10,13,16,19-25H2,1-4H3,(H,41,42,45,46,47)/b9-5-/t26-,29-,31+,34-,38-,52?/m0/s1. The normalized spacial score (nSPS) is 31.8. The lowest BCUT2D eigenvalue weighted by Gasteiger charge is -2.48. The molecule has 2 fully saturated rings. The number of fused-ring (bicyclic) bond motifs is 4. The number of amides is 3. The number of hydrogen-bond acceptors (Lipinski definition) is 8. The van der Waals surface area contributed by atoms with E-state index in [2.05, 4.69) is 38.3 Å². The Morgan fingerprint density at radius 2 is 1.96 bits per heavy atom. The molecule has 2 aromatic carbocycles. The molecule has 52 heavy (non-hydrogen) atoms. The number of nitrogens with one attached hydrogen (secondary N) is 1. The Bertz CT molecular complexity index is 1840. The first kappa shape index (κ1) is 37.2. The summed E-state index contributed by atoms with van der Waals surface area (Å²) >= 11 is 6.46. The number of urea groups is 1. The predicted octanol–water partition coefficient (Wildman–Crippen LogP) is 6.03. The van der Waals surface area contributed by atoms with Crippen LogP contribution in [0.15, 0.2) is 52.9 Å². The molecular weight excluding hydrogens is 704 g/mol. The van der Waals surface area contributed by atoms with Crippen molar-refractivity contribution in [2.45, 2.75) is 62.6 Å². The number of allylic oxidation sites excluding steroid dienone is 1. The fraction of sp³-hybridized carbons (Fsp3) is 0.590. The first-order chi connectivity index (χ1) is 25.0. The molecule has 282 valence electrons. The van der Waals surface area contributed by atoms with E-state index in [0.717, 1.165) is 49.4 Å². The van der Waals surface area contributed by atoms with Gasteiger partial charge in [-0.05, 0) is 97.7 Å². The van der Waals surface area contributed by atoms with Gasteiger partial charge in [-0.1, -0.05) is 36.7 Å². The molecule has 1 N–H and O–H groups in total. The number of methoxy groups -OCH3 is 3. The number of likely N-dealkylation sites (tertiary alicyclic amines) is 1. The molecule has 6 atom stereocenters. The second-order valence-electron chi connectivity index (χ2n) is 15.5. The van der Waals surface area contributed by atoms with Crippen LogP contribution in [0.1, 0.15) is 60.5 Å². The maximum absolute atomic E-state index is 14.6. The van der Waals surface area contributed by atoms with Gasteiger partial charge in [-0.3, -0.25) is 9.52 Å². The summed E-state index contributed by atoms with van der Waals surface area (Å²) in [5.74, 6) is 0.638. The number of hydrogen-bond donors (Lipinski definition) is 1. The number of ether oxygens (including phenoxy) is 4. The van der Waals surface area contributed by atoms with Gasteiger partial charge in [0, 0.05) is 50.4 Å². The van der Waals surface area contributed by atoms with Gasteiger partial charge in [-0.15, -0.1) is 4.36 Å². The van der Waals surface area contributed by atoms with E-state index in [1.165, 1.54) is 16.0 Å². The van der Waals surface area contributed by atoms with Gasteiger partial charge in [-0.25, -0.2) is 9.00 Å². The molecule has 13 heteroatoms. The molecule has 11 nitrogen and oxygen atoms in total. The predicted molar refractivity (Wildman–Crippen MR) is 202 cm³/mol. The van der Waals surface area contributed by atoms with Crippen LogP contribution < -0.4 is 14.4 Å². The molecule has 3 aliphatic heterocycles. The molecule has 3 amide bonds. The second kappa shape index (κ2) is 14.9. The lowest BCUT2D eigenvalue weighted by molar-refractivity contribution is -0.138. The van der Waals surface area contributed by atoms with Crippen molar-refractivity contribution in [2.24, 2.45) is 22.1 Å². The molecule has 2 aliphatic carbocycles. The van der Waals surface area contributed by atoms with Crippen LogP contribution in [0, 0.1) is 17.8 Å². The zero-order chi connectivity index (χ0) is 36.7. The van der Waals surface area contributed by atoms with Gasteiger partial charge >= 0.3 is 6.03 Å². The zero-order valence-corrected chi connectivity index (χ0v) is 32.2. The third-order valence-corrected chi connectivity index (χ3v) is 14.1. The van der Waals surface area contributed by atoms with Crippen LogP contribution in [-0.4, -0.2) is 99.2 Å². The summed E-state index contributed by atoms with van der Waals surface area (Å²) in [7, 11) is 1.39. The topological polar surface area (TPSA) is 119 Å². The number of anilines is 1. The van der Waals surface area contributed by atoms with Gasteiger partial charge < -0.3 is 28.7 Å². The molecule has 5 aliphatic rings. The van der Waals surface area contributed by atoms with E-state index in [1.807, 2.05) is 25.1 Å². The Kier molecular flexibility index (Phi) is 10.7. The molecule has 7 rings (SSSR count). The van der Waals surface area contributed by atoms with E-state index in [-0.39, 0.29) is 36.3 Å². The Morgan fingerprint density at radius 1 is 1.13 bits per heavy atom. The molecule has 2 aromatic rings. The summed E-state index contributed by atoms with van der Waals surface area (Å²) in [6.45, 7) is 4.81. The van der Waals surface area contributed by atoms with E-state index < -0.39 is 27.5 Å². The van der Waals surface area contributed by atoms with Crippen molar-refractivity contribution in [1.29, 1.82) is 0 Å². The van der Waals surface area contributed by atoms with Crippen molar-refractivity contribution >= 4 is 39.1 Å². The molecular formula is C39H51ClN4O7S. The smallest absolute Gasteiger partial charge is 0.330 e. The van der Waals surface area contributed by atoms with Crippen LogP contribution in [0.2, 0.25) is 5.02 Å². The van der Waals surface area contributed by atoms with Crippen LogP contribution in [0.25, 0.3) is 0 Å². The van der Waals surface area contributed by atoms with Crippen LogP contribution in [0.5, 0.6) is 5.75 Å². The largest absolute Gasteiger partial charge is 0.490 e. The highest BCUT2D eigenvalue weighted by Crippen LogP contribution is 2.47. The Balaban J connectivity index is 1.25. The maximum atomic E-state index is 14.6. The van der Waals surface area contributed by atoms with Crippen molar-refractivity contribution in [3.63, 3.8) is 0 Å². The van der Waals surface area contributed by atoms with Crippen LogP contribution >= 0.6 is 11.6 Å². The average Bonchev–Trinajstić information content (AvgIpc) is 3.23. The summed E-state index contributed by atoms with van der Waals surface area (Å²) in [4.78, 5) is 31.4. The van der Waals surface area contributed by atoms with Gasteiger partial charge in [0.05, 0.1) is 43.8 Å². The molecule has 1 unspecified atom stereocenters. The number of halogens is 1. The minimum absolute atomic E-state index is 0.00593. The highest BCUT2D eigenvalue weighted by molar-refractivity contribution is 7.92. The molecule has 0 radical (unpaired) electrons. The minimum Gasteiger partial charge on any atom is -0.490 e. The highest BCUT2D eigenvalue weighted by atomic mass is 35.5. The van der Waals surface area contributed by atoms with Crippen LogP contribution in [-0.2, 0) is 36.0 Å². The molecule has 0 aromatic heterocycles. The summed E-state index contributed by atoms with van der Waals surface area (Å²) < 4.78 is 45.1. The summed E-state index contributed by atoms with van der Waals surface area (Å²) in [6.07, 6.45) is 9.86. The van der Waals surface area contributed by atoms with E-state index in [1.54, 1.807) is 27.4 Å². The average molecular weight is 755 g/mol. The summed E-state index contributed by atoms with van der Waals surface area (Å²) in [6, 6.07) is 11.0. The first-order valence-electron chi connectivity index (χ1n) is 18.4. The molecule has 1 spiro atoms. The third kappa shape index (κ3) is 7.33. The van der Waals surface area contributed by atoms with Crippen molar-refractivity contribution in [3.05, 3.63) is 70.3 Å². The molecule has 1 saturated carbocycles. The maximum Gasteiger partial charge on any atom is 0.330 e. The Labute approximate surface area is 312 Å². The van der Waals surface area contributed by atoms with Crippen LogP contribution in [0.3, 0.4) is 0 Å². The van der Waals surface area contributed by atoms with Crippen molar-refractivity contribution in [2.75, 3.05) is 71.4 Å². The number of aryl methyl sites for hydroxylation is 1. The van der Waals surface area contributed by atoms with Gasteiger partial charge in [0.25, 0.3) is 5.91 Å². The van der Waals surface area contributed by atoms with E-state index in [9.17, 15) is 13.8 Å². The summed E-state index contributed by atoms with van der Waals surface area (Å²) in [5, 5.41) is 0.739. The summed E-state index contributed by atoms with van der Waals surface area (Å²) in [5.41, 5.74) is 2.76. The molecule has 2 bridgehead atoms. The number of carbonyl (C=O) groups excluding carboxylic acids is 2.